The summed E-state index contributed by atoms with van der Waals surface area (Å²) >= 11 is 7.56. The number of aliphatic imine (C=N–C) groups is 1. The lowest BCUT2D eigenvalue weighted by Gasteiger charge is -2.11. The number of benzene rings is 1. The van der Waals surface area contributed by atoms with Gasteiger partial charge in [-0.3, -0.25) is 4.99 Å². The van der Waals surface area contributed by atoms with Gasteiger partial charge in [0.15, 0.2) is 5.96 Å². The Kier molecular flexibility index (Phi) is 12.1. The fourth-order valence-corrected chi connectivity index (χ4v) is 2.85. The molecule has 2 N–H and O–H groups in total. The number of hydrogen-bond donors (Lipinski definition) is 2. The van der Waals surface area contributed by atoms with Crippen LogP contribution >= 0.6 is 47.3 Å². The van der Waals surface area contributed by atoms with Gasteiger partial charge in [-0.1, -0.05) is 11.6 Å². The number of sulfone groups is 1. The maximum absolute atomic E-state index is 11.1. The van der Waals surface area contributed by atoms with E-state index >= 15 is 0 Å². The van der Waals surface area contributed by atoms with Gasteiger partial charge in [-0.2, -0.15) is 0 Å². The molecule has 0 atom stereocenters. The van der Waals surface area contributed by atoms with Gasteiger partial charge in [0, 0.05) is 35.0 Å². The minimum Gasteiger partial charge on any atom is -0.357 e. The largest absolute Gasteiger partial charge is 0.357 e. The van der Waals surface area contributed by atoms with Crippen LogP contribution in [0.25, 0.3) is 0 Å². The Hall–Kier alpha value is -0.190. The van der Waals surface area contributed by atoms with Crippen LogP contribution in [-0.2, 0) is 9.84 Å². The summed E-state index contributed by atoms with van der Waals surface area (Å²) in [5.41, 5.74) is 0. The standard InChI is InChI=1S/C14H22ClN3O2S2.HI/c1-3-16-14(18-9-11-22(2,19)20)17-8-10-21-13-6-4-12(15)5-7-13;/h4-7H,3,8-11H2,1-2H3,(H2,16,17,18);1H. The van der Waals surface area contributed by atoms with Crippen molar-refractivity contribution in [1.82, 2.24) is 10.6 Å². The summed E-state index contributed by atoms with van der Waals surface area (Å²) in [6.45, 7) is 3.70. The van der Waals surface area contributed by atoms with Gasteiger partial charge < -0.3 is 10.6 Å². The third kappa shape index (κ3) is 11.9. The number of halogens is 2. The lowest BCUT2D eigenvalue weighted by molar-refractivity contribution is 0.601. The van der Waals surface area contributed by atoms with E-state index in [0.717, 1.165) is 28.8 Å². The maximum atomic E-state index is 11.1. The number of rotatable bonds is 8. The molecule has 0 fully saturated rings. The molecule has 0 spiro atoms. The monoisotopic (exact) mass is 491 g/mol. The summed E-state index contributed by atoms with van der Waals surface area (Å²) < 4.78 is 22.2. The fraction of sp³-hybridized carbons (Fsp3) is 0.500. The summed E-state index contributed by atoms with van der Waals surface area (Å²) in [4.78, 5) is 5.40. The van der Waals surface area contributed by atoms with E-state index in [1.54, 1.807) is 11.8 Å². The van der Waals surface area contributed by atoms with E-state index in [4.69, 9.17) is 11.6 Å². The second kappa shape index (κ2) is 12.2. The lowest BCUT2D eigenvalue weighted by atomic mass is 10.4. The molecule has 1 aromatic rings. The van der Waals surface area contributed by atoms with Gasteiger partial charge in [-0.05, 0) is 31.2 Å². The zero-order valence-electron chi connectivity index (χ0n) is 13.2. The molecule has 0 radical (unpaired) electrons. The van der Waals surface area contributed by atoms with Crippen molar-refractivity contribution in [2.75, 3.05) is 37.4 Å². The number of nitrogens with one attached hydrogen (secondary N) is 2. The van der Waals surface area contributed by atoms with Crippen LogP contribution < -0.4 is 10.6 Å². The summed E-state index contributed by atoms with van der Waals surface area (Å²) in [6.07, 6.45) is 1.21. The van der Waals surface area contributed by atoms with Crippen molar-refractivity contribution < 1.29 is 8.42 Å². The van der Waals surface area contributed by atoms with Crippen LogP contribution in [0.15, 0.2) is 34.2 Å². The first-order valence-electron chi connectivity index (χ1n) is 6.99. The molecule has 0 amide bonds. The van der Waals surface area contributed by atoms with E-state index in [2.05, 4.69) is 15.6 Å². The molecule has 5 nitrogen and oxygen atoms in total. The molecule has 0 aromatic heterocycles. The predicted molar refractivity (Wildman–Crippen MR) is 111 cm³/mol. The van der Waals surface area contributed by atoms with Crippen molar-refractivity contribution >= 4 is 63.1 Å². The Balaban J connectivity index is 0.00000484. The molecular formula is C14H23ClIN3O2S2. The number of thioether (sulfide) groups is 1. The molecule has 1 aromatic carbocycles. The first kappa shape index (κ1) is 22.8. The molecule has 0 aliphatic carbocycles. The summed E-state index contributed by atoms with van der Waals surface area (Å²) in [7, 11) is -2.98. The lowest BCUT2D eigenvalue weighted by Crippen LogP contribution is -2.38. The molecule has 0 aliphatic heterocycles. The van der Waals surface area contributed by atoms with Crippen LogP contribution in [0.5, 0.6) is 0 Å². The van der Waals surface area contributed by atoms with Crippen LogP contribution in [-0.4, -0.2) is 51.8 Å². The van der Waals surface area contributed by atoms with Crippen molar-refractivity contribution in [3.63, 3.8) is 0 Å². The van der Waals surface area contributed by atoms with E-state index in [9.17, 15) is 8.42 Å². The fourth-order valence-electron chi connectivity index (χ4n) is 1.53. The van der Waals surface area contributed by atoms with Gasteiger partial charge >= 0.3 is 0 Å². The molecule has 9 heteroatoms. The third-order valence-electron chi connectivity index (χ3n) is 2.55. The second-order valence-corrected chi connectivity index (χ2v) is 8.48. The Labute approximate surface area is 165 Å². The van der Waals surface area contributed by atoms with Gasteiger partial charge in [0.25, 0.3) is 0 Å². The van der Waals surface area contributed by atoms with Crippen LogP contribution in [0.1, 0.15) is 6.92 Å². The molecule has 0 heterocycles. The molecule has 132 valence electrons. The third-order valence-corrected chi connectivity index (χ3v) is 4.74. The molecule has 0 saturated carbocycles. The van der Waals surface area contributed by atoms with Crippen molar-refractivity contribution in [1.29, 1.82) is 0 Å². The van der Waals surface area contributed by atoms with Gasteiger partial charge in [0.2, 0.25) is 0 Å². The minimum absolute atomic E-state index is 0. The number of nitrogens with zero attached hydrogens (tertiary/aromatic N) is 1. The topological polar surface area (TPSA) is 70.6 Å². The Bertz CT molecular complexity index is 580. The molecule has 0 aliphatic rings. The zero-order valence-corrected chi connectivity index (χ0v) is 17.9. The van der Waals surface area contributed by atoms with Gasteiger partial charge in [0.1, 0.15) is 9.84 Å². The maximum Gasteiger partial charge on any atom is 0.191 e. The predicted octanol–water partition coefficient (Wildman–Crippen LogP) is 2.65. The van der Waals surface area contributed by atoms with Crippen molar-refractivity contribution in [2.45, 2.75) is 11.8 Å². The summed E-state index contributed by atoms with van der Waals surface area (Å²) in [6, 6.07) is 7.71. The first-order chi connectivity index (χ1) is 10.4. The highest BCUT2D eigenvalue weighted by atomic mass is 127. The summed E-state index contributed by atoms with van der Waals surface area (Å²) in [5, 5.41) is 7.01. The first-order valence-corrected chi connectivity index (χ1v) is 10.4. The van der Waals surface area contributed by atoms with Gasteiger partial charge in [-0.25, -0.2) is 8.42 Å². The SMILES string of the molecule is CCNC(=NCCS(C)(=O)=O)NCCSc1ccc(Cl)cc1.I. The highest BCUT2D eigenvalue weighted by Crippen LogP contribution is 2.19. The highest BCUT2D eigenvalue weighted by molar-refractivity contribution is 14.0. The average Bonchev–Trinajstić information content (AvgIpc) is 2.44. The number of guanidine groups is 1. The Morgan fingerprint density at radius 1 is 1.26 bits per heavy atom. The smallest absolute Gasteiger partial charge is 0.191 e. The summed E-state index contributed by atoms with van der Waals surface area (Å²) in [5.74, 6) is 1.57. The van der Waals surface area contributed by atoms with Crippen molar-refractivity contribution in [3.8, 4) is 0 Å². The van der Waals surface area contributed by atoms with E-state index in [-0.39, 0.29) is 36.3 Å². The highest BCUT2D eigenvalue weighted by Gasteiger charge is 2.02. The van der Waals surface area contributed by atoms with Crippen molar-refractivity contribution in [2.24, 2.45) is 4.99 Å². The molecule has 0 bridgehead atoms. The van der Waals surface area contributed by atoms with Gasteiger partial charge in [-0.15, -0.1) is 35.7 Å². The van der Waals surface area contributed by atoms with Crippen LogP contribution in [0.2, 0.25) is 5.02 Å². The number of hydrogen-bond acceptors (Lipinski definition) is 4. The molecule has 0 saturated heterocycles. The normalized spacial score (nSPS) is 11.7. The van der Waals surface area contributed by atoms with E-state index in [1.165, 1.54) is 6.26 Å². The van der Waals surface area contributed by atoms with E-state index < -0.39 is 9.84 Å². The Morgan fingerprint density at radius 3 is 2.48 bits per heavy atom. The van der Waals surface area contributed by atoms with E-state index in [0.29, 0.717) is 5.96 Å². The molecule has 1 rings (SSSR count). The van der Waals surface area contributed by atoms with E-state index in [1.807, 2.05) is 31.2 Å². The molecule has 0 unspecified atom stereocenters. The zero-order chi connectivity index (χ0) is 16.4. The minimum atomic E-state index is -2.98. The van der Waals surface area contributed by atoms with Crippen LogP contribution in [0.4, 0.5) is 0 Å². The second-order valence-electron chi connectivity index (χ2n) is 4.62. The van der Waals surface area contributed by atoms with Crippen LogP contribution in [0.3, 0.4) is 0 Å². The van der Waals surface area contributed by atoms with Gasteiger partial charge in [0.05, 0.1) is 12.3 Å². The molecular weight excluding hydrogens is 469 g/mol. The average molecular weight is 492 g/mol. The van der Waals surface area contributed by atoms with Crippen LogP contribution in [0, 0.1) is 0 Å². The quantitative estimate of drug-likeness (QED) is 0.192. The van der Waals surface area contributed by atoms with Crippen molar-refractivity contribution in [3.05, 3.63) is 29.3 Å². The Morgan fingerprint density at radius 2 is 1.91 bits per heavy atom. The molecule has 23 heavy (non-hydrogen) atoms.